The maximum Gasteiger partial charge on any atom is 0.123 e. The number of aryl methyl sites for hydroxylation is 1. The summed E-state index contributed by atoms with van der Waals surface area (Å²) in [6, 6.07) is 12.5. The van der Waals surface area contributed by atoms with Crippen molar-refractivity contribution in [2.24, 2.45) is 5.73 Å². The van der Waals surface area contributed by atoms with Gasteiger partial charge in [0.2, 0.25) is 0 Å². The van der Waals surface area contributed by atoms with E-state index in [0.29, 0.717) is 6.42 Å². The van der Waals surface area contributed by atoms with Crippen LogP contribution < -0.4 is 5.73 Å². The van der Waals surface area contributed by atoms with Crippen molar-refractivity contribution in [3.8, 4) is 0 Å². The Kier molecular flexibility index (Phi) is 4.15. The monoisotopic (exact) mass is 307 g/mol. The van der Waals surface area contributed by atoms with Gasteiger partial charge in [0.05, 0.1) is 0 Å². The van der Waals surface area contributed by atoms with Crippen LogP contribution in [-0.2, 0) is 6.42 Å². The topological polar surface area (TPSA) is 26.0 Å². The van der Waals surface area contributed by atoms with Gasteiger partial charge in [-0.15, -0.1) is 0 Å². The van der Waals surface area contributed by atoms with E-state index >= 15 is 0 Å². The quantitative estimate of drug-likeness (QED) is 0.906. The van der Waals surface area contributed by atoms with E-state index in [1.807, 2.05) is 25.1 Å². The minimum Gasteiger partial charge on any atom is -0.324 e. The Bertz CT molecular complexity index is 537. The lowest BCUT2D eigenvalue weighted by molar-refractivity contribution is 0.625. The molecule has 1 atom stereocenters. The maximum atomic E-state index is 12.8. The summed E-state index contributed by atoms with van der Waals surface area (Å²) in [4.78, 5) is 0. The smallest absolute Gasteiger partial charge is 0.123 e. The normalized spacial score (nSPS) is 12.4. The molecule has 0 spiro atoms. The first-order valence-corrected chi connectivity index (χ1v) is 6.62. The second-order valence-corrected chi connectivity index (χ2v) is 5.21. The molecule has 2 aromatic rings. The summed E-state index contributed by atoms with van der Waals surface area (Å²) >= 11 is 3.57. The molecule has 1 unspecified atom stereocenters. The van der Waals surface area contributed by atoms with Gasteiger partial charge < -0.3 is 5.73 Å². The van der Waals surface area contributed by atoms with Crippen LogP contribution in [0.1, 0.15) is 22.7 Å². The molecule has 2 rings (SSSR count). The highest BCUT2D eigenvalue weighted by molar-refractivity contribution is 9.10. The molecule has 0 saturated heterocycles. The van der Waals surface area contributed by atoms with Gasteiger partial charge in [0.15, 0.2) is 0 Å². The van der Waals surface area contributed by atoms with Crippen molar-refractivity contribution in [2.45, 2.75) is 19.4 Å². The third kappa shape index (κ3) is 2.98. The number of hydrogen-bond acceptors (Lipinski definition) is 1. The van der Waals surface area contributed by atoms with Crippen LogP contribution in [0, 0.1) is 12.7 Å². The minimum absolute atomic E-state index is 0.0928. The van der Waals surface area contributed by atoms with Crippen LogP contribution >= 0.6 is 15.9 Å². The molecule has 0 radical (unpaired) electrons. The summed E-state index contributed by atoms with van der Waals surface area (Å²) in [6.07, 6.45) is 0.697. The lowest BCUT2D eigenvalue weighted by Crippen LogP contribution is -2.14. The summed E-state index contributed by atoms with van der Waals surface area (Å²) in [5.41, 5.74) is 9.50. The Morgan fingerprint density at radius 1 is 1.17 bits per heavy atom. The van der Waals surface area contributed by atoms with E-state index in [4.69, 9.17) is 5.73 Å². The van der Waals surface area contributed by atoms with Crippen LogP contribution in [0.2, 0.25) is 0 Å². The summed E-state index contributed by atoms with van der Waals surface area (Å²) < 4.78 is 13.9. The number of hydrogen-bond donors (Lipinski definition) is 1. The van der Waals surface area contributed by atoms with Gasteiger partial charge in [0.1, 0.15) is 5.82 Å². The second kappa shape index (κ2) is 5.63. The van der Waals surface area contributed by atoms with Crippen molar-refractivity contribution < 1.29 is 4.39 Å². The van der Waals surface area contributed by atoms with Crippen LogP contribution in [0.15, 0.2) is 46.9 Å². The van der Waals surface area contributed by atoms with Gasteiger partial charge in [0, 0.05) is 10.5 Å². The fraction of sp³-hybridized carbons (Fsp3) is 0.200. The number of benzene rings is 2. The highest BCUT2D eigenvalue weighted by atomic mass is 79.9. The summed E-state index contributed by atoms with van der Waals surface area (Å²) in [5, 5.41) is 0. The lowest BCUT2D eigenvalue weighted by Gasteiger charge is -2.15. The van der Waals surface area contributed by atoms with Crippen molar-refractivity contribution in [3.05, 3.63) is 69.4 Å². The summed E-state index contributed by atoms with van der Waals surface area (Å²) in [6.45, 7) is 2.04. The van der Waals surface area contributed by atoms with Crippen molar-refractivity contribution in [1.29, 1.82) is 0 Å². The van der Waals surface area contributed by atoms with Gasteiger partial charge >= 0.3 is 0 Å². The molecule has 0 aliphatic heterocycles. The van der Waals surface area contributed by atoms with E-state index in [0.717, 1.165) is 15.6 Å². The van der Waals surface area contributed by atoms with E-state index in [1.54, 1.807) is 12.1 Å². The Labute approximate surface area is 115 Å². The summed E-state index contributed by atoms with van der Waals surface area (Å²) in [5.74, 6) is -0.218. The van der Waals surface area contributed by atoms with Crippen LogP contribution in [0.5, 0.6) is 0 Å². The van der Waals surface area contributed by atoms with Gasteiger partial charge in [0.25, 0.3) is 0 Å². The van der Waals surface area contributed by atoms with E-state index in [2.05, 4.69) is 15.9 Å². The molecule has 0 heterocycles. The standard InChI is InChI=1S/C15H15BrFN/c1-10-3-2-4-13(15(10)16)14(18)9-11-5-7-12(17)8-6-11/h2-8,14H,9,18H2,1H3. The molecular weight excluding hydrogens is 293 g/mol. The number of rotatable bonds is 3. The SMILES string of the molecule is Cc1cccc(C(N)Cc2ccc(F)cc2)c1Br. The zero-order chi connectivity index (χ0) is 13.1. The highest BCUT2D eigenvalue weighted by Gasteiger charge is 2.11. The molecule has 0 fully saturated rings. The minimum atomic E-state index is -0.218. The van der Waals surface area contributed by atoms with Crippen molar-refractivity contribution in [3.63, 3.8) is 0 Å². The fourth-order valence-corrected chi connectivity index (χ4v) is 2.50. The predicted octanol–water partition coefficient (Wildman–Crippen LogP) is 4.14. The van der Waals surface area contributed by atoms with Crippen LogP contribution in [0.25, 0.3) is 0 Å². The molecule has 2 aromatic carbocycles. The summed E-state index contributed by atoms with van der Waals surface area (Å²) in [7, 11) is 0. The largest absolute Gasteiger partial charge is 0.324 e. The van der Waals surface area contributed by atoms with Crippen LogP contribution in [0.4, 0.5) is 4.39 Å². The van der Waals surface area contributed by atoms with Crippen molar-refractivity contribution in [1.82, 2.24) is 0 Å². The Morgan fingerprint density at radius 3 is 2.50 bits per heavy atom. The molecule has 0 saturated carbocycles. The van der Waals surface area contributed by atoms with E-state index in [9.17, 15) is 4.39 Å². The van der Waals surface area contributed by atoms with Gasteiger partial charge in [-0.05, 0) is 42.2 Å². The Balaban J connectivity index is 2.19. The number of nitrogens with two attached hydrogens (primary N) is 1. The lowest BCUT2D eigenvalue weighted by atomic mass is 9.98. The first kappa shape index (κ1) is 13.2. The Morgan fingerprint density at radius 2 is 1.83 bits per heavy atom. The Hall–Kier alpha value is -1.19. The number of halogens is 2. The maximum absolute atomic E-state index is 12.8. The highest BCUT2D eigenvalue weighted by Crippen LogP contribution is 2.27. The molecular formula is C15H15BrFN. The van der Waals surface area contributed by atoms with Crippen LogP contribution in [0.3, 0.4) is 0 Å². The third-order valence-electron chi connectivity index (χ3n) is 2.99. The molecule has 94 valence electrons. The van der Waals surface area contributed by atoms with E-state index < -0.39 is 0 Å². The second-order valence-electron chi connectivity index (χ2n) is 4.42. The molecule has 2 N–H and O–H groups in total. The average molecular weight is 308 g/mol. The first-order chi connectivity index (χ1) is 8.58. The fourth-order valence-electron chi connectivity index (χ4n) is 1.94. The molecule has 0 aromatic heterocycles. The molecule has 0 amide bonds. The molecule has 1 nitrogen and oxygen atoms in total. The van der Waals surface area contributed by atoms with E-state index in [-0.39, 0.29) is 11.9 Å². The average Bonchev–Trinajstić information content (AvgIpc) is 2.35. The van der Waals surface area contributed by atoms with Gasteiger partial charge in [-0.3, -0.25) is 0 Å². The van der Waals surface area contributed by atoms with Crippen molar-refractivity contribution >= 4 is 15.9 Å². The van der Waals surface area contributed by atoms with Gasteiger partial charge in [-0.1, -0.05) is 46.3 Å². The van der Waals surface area contributed by atoms with Gasteiger partial charge in [-0.25, -0.2) is 4.39 Å². The molecule has 3 heteroatoms. The molecule has 0 aliphatic rings. The zero-order valence-electron chi connectivity index (χ0n) is 10.2. The first-order valence-electron chi connectivity index (χ1n) is 5.83. The van der Waals surface area contributed by atoms with E-state index in [1.165, 1.54) is 17.7 Å². The molecule has 0 aliphatic carbocycles. The molecule has 18 heavy (non-hydrogen) atoms. The van der Waals surface area contributed by atoms with Gasteiger partial charge in [-0.2, -0.15) is 0 Å². The van der Waals surface area contributed by atoms with Crippen LogP contribution in [-0.4, -0.2) is 0 Å². The zero-order valence-corrected chi connectivity index (χ0v) is 11.7. The third-order valence-corrected chi connectivity index (χ3v) is 4.07. The predicted molar refractivity (Wildman–Crippen MR) is 75.9 cm³/mol. The van der Waals surface area contributed by atoms with Crippen molar-refractivity contribution in [2.75, 3.05) is 0 Å². The molecule has 0 bridgehead atoms.